The zero-order valence-electron chi connectivity index (χ0n) is 13.3. The van der Waals surface area contributed by atoms with Gasteiger partial charge in [-0.3, -0.25) is 4.79 Å². The van der Waals surface area contributed by atoms with Crippen LogP contribution in [0.15, 0.2) is 24.3 Å². The van der Waals surface area contributed by atoms with Gasteiger partial charge in [0.05, 0.1) is 13.0 Å². The van der Waals surface area contributed by atoms with Gasteiger partial charge in [0.25, 0.3) is 0 Å². The zero-order valence-corrected chi connectivity index (χ0v) is 13.3. The highest BCUT2D eigenvalue weighted by atomic mass is 16.5. The Morgan fingerprint density at radius 3 is 2.71 bits per heavy atom. The van der Waals surface area contributed by atoms with Gasteiger partial charge in [0, 0.05) is 25.7 Å². The van der Waals surface area contributed by atoms with Crippen LogP contribution in [0.3, 0.4) is 0 Å². The number of nitrogens with one attached hydrogen (secondary N) is 1. The normalized spacial score (nSPS) is 18.9. The minimum absolute atomic E-state index is 0.183. The summed E-state index contributed by atoms with van der Waals surface area (Å²) in [5.41, 5.74) is 1.30. The van der Waals surface area contributed by atoms with E-state index in [4.69, 9.17) is 4.74 Å². The summed E-state index contributed by atoms with van der Waals surface area (Å²) < 4.78 is 5.67. The molecule has 4 heteroatoms. The second-order valence-electron chi connectivity index (χ2n) is 5.96. The van der Waals surface area contributed by atoms with Crippen LogP contribution in [0.2, 0.25) is 0 Å². The van der Waals surface area contributed by atoms with Crippen molar-refractivity contribution in [3.63, 3.8) is 0 Å². The molecular formula is C17H26N2O2. The van der Waals surface area contributed by atoms with E-state index in [-0.39, 0.29) is 11.9 Å². The standard InChI is InChI=1S/C17H26N2O2/c1-13(2)15-4-6-16(7-5-15)21-11-8-17(20)19-10-9-18-12-14(19)3/h4-7,13-14,18H,8-12H2,1-3H3/t14-/m0/s1. The third-order valence-electron chi connectivity index (χ3n) is 3.95. The number of amides is 1. The van der Waals surface area contributed by atoms with Gasteiger partial charge < -0.3 is 15.0 Å². The van der Waals surface area contributed by atoms with Gasteiger partial charge in [0.15, 0.2) is 0 Å². The molecule has 0 radical (unpaired) electrons. The molecule has 1 aromatic carbocycles. The molecule has 4 nitrogen and oxygen atoms in total. The molecule has 1 heterocycles. The van der Waals surface area contributed by atoms with Crippen LogP contribution in [0.25, 0.3) is 0 Å². The van der Waals surface area contributed by atoms with Crippen molar-refractivity contribution in [2.45, 2.75) is 39.2 Å². The van der Waals surface area contributed by atoms with E-state index < -0.39 is 0 Å². The number of rotatable bonds is 5. The van der Waals surface area contributed by atoms with Crippen molar-refractivity contribution >= 4 is 5.91 Å². The predicted octanol–water partition coefficient (Wildman–Crippen LogP) is 2.40. The third-order valence-corrected chi connectivity index (χ3v) is 3.95. The Morgan fingerprint density at radius 2 is 2.10 bits per heavy atom. The van der Waals surface area contributed by atoms with Gasteiger partial charge in [-0.05, 0) is 30.5 Å². The van der Waals surface area contributed by atoms with Gasteiger partial charge >= 0.3 is 0 Å². The van der Waals surface area contributed by atoms with Crippen molar-refractivity contribution in [3.8, 4) is 5.75 Å². The van der Waals surface area contributed by atoms with E-state index in [0.29, 0.717) is 18.9 Å². The lowest BCUT2D eigenvalue weighted by Crippen LogP contribution is -2.52. The first kappa shape index (κ1) is 15.8. The number of piperazine rings is 1. The average Bonchev–Trinajstić information content (AvgIpc) is 2.48. The average molecular weight is 290 g/mol. The fraction of sp³-hybridized carbons (Fsp3) is 0.588. The fourth-order valence-corrected chi connectivity index (χ4v) is 2.56. The lowest BCUT2D eigenvalue weighted by Gasteiger charge is -2.34. The first-order valence-corrected chi connectivity index (χ1v) is 7.81. The Hall–Kier alpha value is -1.55. The molecule has 1 amide bonds. The molecular weight excluding hydrogens is 264 g/mol. The van der Waals surface area contributed by atoms with E-state index in [0.717, 1.165) is 25.4 Å². The number of carbonyl (C=O) groups is 1. The molecule has 0 unspecified atom stereocenters. The van der Waals surface area contributed by atoms with Gasteiger partial charge in [-0.25, -0.2) is 0 Å². The van der Waals surface area contributed by atoms with Crippen molar-refractivity contribution in [1.82, 2.24) is 10.2 Å². The smallest absolute Gasteiger partial charge is 0.226 e. The van der Waals surface area contributed by atoms with E-state index in [2.05, 4.69) is 38.2 Å². The summed E-state index contributed by atoms with van der Waals surface area (Å²) in [6.07, 6.45) is 0.441. The largest absolute Gasteiger partial charge is 0.493 e. The summed E-state index contributed by atoms with van der Waals surface area (Å²) in [7, 11) is 0. The van der Waals surface area contributed by atoms with Gasteiger partial charge in [-0.2, -0.15) is 0 Å². The van der Waals surface area contributed by atoms with Crippen molar-refractivity contribution in [2.24, 2.45) is 0 Å². The van der Waals surface area contributed by atoms with E-state index >= 15 is 0 Å². The van der Waals surface area contributed by atoms with Crippen LogP contribution in [0, 0.1) is 0 Å². The fourth-order valence-electron chi connectivity index (χ4n) is 2.56. The number of ether oxygens (including phenoxy) is 1. The number of nitrogens with zero attached hydrogens (tertiary/aromatic N) is 1. The Balaban J connectivity index is 1.77. The molecule has 1 aliphatic rings. The van der Waals surface area contributed by atoms with Crippen LogP contribution >= 0.6 is 0 Å². The van der Waals surface area contributed by atoms with Crippen molar-refractivity contribution in [1.29, 1.82) is 0 Å². The van der Waals surface area contributed by atoms with E-state index in [1.165, 1.54) is 5.56 Å². The molecule has 21 heavy (non-hydrogen) atoms. The summed E-state index contributed by atoms with van der Waals surface area (Å²) in [4.78, 5) is 14.1. The highest BCUT2D eigenvalue weighted by molar-refractivity contribution is 5.76. The van der Waals surface area contributed by atoms with Crippen LogP contribution < -0.4 is 10.1 Å². The van der Waals surface area contributed by atoms with Crippen molar-refractivity contribution in [3.05, 3.63) is 29.8 Å². The van der Waals surface area contributed by atoms with Gasteiger partial charge in [0.2, 0.25) is 5.91 Å². The first-order valence-electron chi connectivity index (χ1n) is 7.81. The number of carbonyl (C=O) groups excluding carboxylic acids is 1. The molecule has 1 aromatic rings. The van der Waals surface area contributed by atoms with Crippen LogP contribution in [-0.4, -0.2) is 43.1 Å². The van der Waals surface area contributed by atoms with Gasteiger partial charge in [0.1, 0.15) is 5.75 Å². The van der Waals surface area contributed by atoms with E-state index in [1.807, 2.05) is 17.0 Å². The van der Waals surface area contributed by atoms with E-state index in [1.54, 1.807) is 0 Å². The molecule has 0 bridgehead atoms. The number of hydrogen-bond acceptors (Lipinski definition) is 3. The molecule has 1 aliphatic heterocycles. The maximum absolute atomic E-state index is 12.2. The molecule has 0 aliphatic carbocycles. The Morgan fingerprint density at radius 1 is 1.38 bits per heavy atom. The summed E-state index contributed by atoms with van der Waals surface area (Å²) in [5, 5.41) is 3.29. The predicted molar refractivity (Wildman–Crippen MR) is 84.7 cm³/mol. The molecule has 1 atom stereocenters. The third kappa shape index (κ3) is 4.46. The summed E-state index contributed by atoms with van der Waals surface area (Å²) in [6.45, 7) is 9.42. The molecule has 0 aromatic heterocycles. The maximum Gasteiger partial charge on any atom is 0.226 e. The quantitative estimate of drug-likeness (QED) is 0.905. The molecule has 0 spiro atoms. The zero-order chi connectivity index (χ0) is 15.2. The first-order chi connectivity index (χ1) is 10.1. The molecule has 1 N–H and O–H groups in total. The molecule has 0 saturated carbocycles. The van der Waals surface area contributed by atoms with Crippen LogP contribution in [0.5, 0.6) is 5.75 Å². The minimum atomic E-state index is 0.183. The van der Waals surface area contributed by atoms with E-state index in [9.17, 15) is 4.79 Å². The summed E-state index contributed by atoms with van der Waals surface area (Å²) in [5.74, 6) is 1.54. The monoisotopic (exact) mass is 290 g/mol. The van der Waals surface area contributed by atoms with Crippen LogP contribution in [0.4, 0.5) is 0 Å². The topological polar surface area (TPSA) is 41.6 Å². The Labute approximate surface area is 127 Å². The van der Waals surface area contributed by atoms with Crippen LogP contribution in [0.1, 0.15) is 38.7 Å². The highest BCUT2D eigenvalue weighted by Crippen LogP contribution is 2.18. The molecule has 1 saturated heterocycles. The molecule has 2 rings (SSSR count). The lowest BCUT2D eigenvalue weighted by molar-refractivity contribution is -0.134. The number of benzene rings is 1. The summed E-state index contributed by atoms with van der Waals surface area (Å²) >= 11 is 0. The van der Waals surface area contributed by atoms with Crippen molar-refractivity contribution in [2.75, 3.05) is 26.2 Å². The van der Waals surface area contributed by atoms with Crippen molar-refractivity contribution < 1.29 is 9.53 Å². The van der Waals surface area contributed by atoms with Gasteiger partial charge in [-0.1, -0.05) is 26.0 Å². The second kappa shape index (κ2) is 7.46. The lowest BCUT2D eigenvalue weighted by atomic mass is 10.0. The minimum Gasteiger partial charge on any atom is -0.493 e. The Bertz CT molecular complexity index is 456. The van der Waals surface area contributed by atoms with Crippen LogP contribution in [-0.2, 0) is 4.79 Å². The second-order valence-corrected chi connectivity index (χ2v) is 5.96. The number of hydrogen-bond donors (Lipinski definition) is 1. The molecule has 1 fully saturated rings. The SMILES string of the molecule is CC(C)c1ccc(OCCC(=O)N2CCNC[C@@H]2C)cc1. The maximum atomic E-state index is 12.2. The summed E-state index contributed by atoms with van der Waals surface area (Å²) in [6, 6.07) is 8.40. The molecule has 116 valence electrons. The van der Waals surface area contributed by atoms with Gasteiger partial charge in [-0.15, -0.1) is 0 Å². The highest BCUT2D eigenvalue weighted by Gasteiger charge is 2.22. The Kier molecular flexibility index (Phi) is 5.62.